The number of thiophene rings is 1. The van der Waals surface area contributed by atoms with Crippen molar-refractivity contribution in [1.82, 2.24) is 14.6 Å². The van der Waals surface area contributed by atoms with Gasteiger partial charge in [-0.2, -0.15) is 5.10 Å². The second kappa shape index (κ2) is 5.02. The molecule has 0 aromatic carbocycles. The molecule has 104 valence electrons. The van der Waals surface area contributed by atoms with E-state index < -0.39 is 0 Å². The Labute approximate surface area is 131 Å². The van der Waals surface area contributed by atoms with Gasteiger partial charge in [-0.1, -0.05) is 43.1 Å². The molecule has 3 rings (SSSR count). The van der Waals surface area contributed by atoms with Gasteiger partial charge in [0.1, 0.15) is 10.3 Å². The van der Waals surface area contributed by atoms with Gasteiger partial charge in [0.25, 0.3) is 0 Å². The molecule has 0 aliphatic carbocycles. The highest BCUT2D eigenvalue weighted by atomic mass is 35.5. The van der Waals surface area contributed by atoms with E-state index >= 15 is 0 Å². The molecule has 0 fully saturated rings. The van der Waals surface area contributed by atoms with Crippen molar-refractivity contribution in [3.8, 4) is 10.4 Å². The van der Waals surface area contributed by atoms with Gasteiger partial charge in [-0.3, -0.25) is 0 Å². The molecule has 0 saturated heterocycles. The average molecular weight is 326 g/mol. The van der Waals surface area contributed by atoms with Crippen LogP contribution in [-0.4, -0.2) is 14.6 Å². The maximum absolute atomic E-state index is 6.47. The molecule has 0 unspecified atom stereocenters. The van der Waals surface area contributed by atoms with Gasteiger partial charge in [0.2, 0.25) is 0 Å². The van der Waals surface area contributed by atoms with Crippen molar-refractivity contribution in [2.24, 2.45) is 0 Å². The van der Waals surface area contributed by atoms with E-state index in [0.29, 0.717) is 16.0 Å². The summed E-state index contributed by atoms with van der Waals surface area (Å²) in [5, 5.41) is 7.55. The van der Waals surface area contributed by atoms with Crippen LogP contribution in [0.3, 0.4) is 0 Å². The fourth-order valence-electron chi connectivity index (χ4n) is 2.29. The van der Waals surface area contributed by atoms with Crippen LogP contribution in [0.4, 0.5) is 0 Å². The summed E-state index contributed by atoms with van der Waals surface area (Å²) < 4.78 is 1.69. The number of hydrogen-bond acceptors (Lipinski definition) is 3. The molecule has 0 aliphatic heterocycles. The predicted molar refractivity (Wildman–Crippen MR) is 85.1 cm³/mol. The molecule has 0 atom stereocenters. The molecule has 3 nitrogen and oxygen atoms in total. The number of halogens is 2. The van der Waals surface area contributed by atoms with Crippen LogP contribution in [0.5, 0.6) is 0 Å². The highest BCUT2D eigenvalue weighted by Gasteiger charge is 2.21. The fourth-order valence-corrected chi connectivity index (χ4v) is 3.97. The Bertz CT molecular complexity index is 776. The van der Waals surface area contributed by atoms with Crippen molar-refractivity contribution >= 4 is 40.2 Å². The van der Waals surface area contributed by atoms with Crippen molar-refractivity contribution in [2.75, 3.05) is 0 Å². The van der Waals surface area contributed by atoms with Gasteiger partial charge in [0.15, 0.2) is 5.65 Å². The smallest absolute Gasteiger partial charge is 0.167 e. The standard InChI is InChI=1S/C14H13Cl2N3S/c1-7(2)10-12(15)17-14-11(9-5-4-6-20-9)8(3)18-19(14)13(10)16/h4-7H,1-3H3. The predicted octanol–water partition coefficient (Wildman–Crippen LogP) is 5.20. The second-order valence-corrected chi connectivity index (χ2v) is 6.60. The zero-order valence-corrected chi connectivity index (χ0v) is 13.6. The normalized spacial score (nSPS) is 11.7. The minimum Gasteiger partial charge on any atom is -0.216 e. The lowest BCUT2D eigenvalue weighted by Gasteiger charge is -2.11. The highest BCUT2D eigenvalue weighted by molar-refractivity contribution is 7.13. The summed E-state index contributed by atoms with van der Waals surface area (Å²) in [6, 6.07) is 4.06. The van der Waals surface area contributed by atoms with Crippen molar-refractivity contribution in [3.05, 3.63) is 39.1 Å². The van der Waals surface area contributed by atoms with E-state index in [9.17, 15) is 0 Å². The Morgan fingerprint density at radius 3 is 2.65 bits per heavy atom. The monoisotopic (exact) mass is 325 g/mol. The minimum atomic E-state index is 0.196. The number of aromatic nitrogens is 3. The van der Waals surface area contributed by atoms with E-state index in [1.165, 1.54) is 0 Å². The number of aryl methyl sites for hydroxylation is 1. The Morgan fingerprint density at radius 1 is 1.30 bits per heavy atom. The van der Waals surface area contributed by atoms with Crippen LogP contribution in [-0.2, 0) is 0 Å². The van der Waals surface area contributed by atoms with Crippen LogP contribution in [0.25, 0.3) is 16.1 Å². The first-order valence-electron chi connectivity index (χ1n) is 6.28. The molecule has 3 aromatic rings. The molecular weight excluding hydrogens is 313 g/mol. The third kappa shape index (κ3) is 2.03. The molecule has 0 saturated carbocycles. The topological polar surface area (TPSA) is 30.2 Å². The van der Waals surface area contributed by atoms with Crippen LogP contribution in [0.15, 0.2) is 17.5 Å². The Kier molecular flexibility index (Phi) is 3.48. The second-order valence-electron chi connectivity index (χ2n) is 4.93. The lowest BCUT2D eigenvalue weighted by Crippen LogP contribution is -2.01. The van der Waals surface area contributed by atoms with E-state index in [-0.39, 0.29) is 5.92 Å². The Balaban J connectivity index is 2.39. The van der Waals surface area contributed by atoms with E-state index in [2.05, 4.69) is 16.1 Å². The lowest BCUT2D eigenvalue weighted by atomic mass is 10.1. The molecule has 3 heterocycles. The van der Waals surface area contributed by atoms with Gasteiger partial charge >= 0.3 is 0 Å². The maximum Gasteiger partial charge on any atom is 0.167 e. The van der Waals surface area contributed by atoms with Gasteiger partial charge in [0.05, 0.1) is 11.3 Å². The van der Waals surface area contributed by atoms with Crippen LogP contribution >= 0.6 is 34.5 Å². The fraction of sp³-hybridized carbons (Fsp3) is 0.286. The van der Waals surface area contributed by atoms with Crippen LogP contribution in [0.1, 0.15) is 31.0 Å². The number of nitrogens with zero attached hydrogens (tertiary/aromatic N) is 3. The highest BCUT2D eigenvalue weighted by Crippen LogP contribution is 2.36. The zero-order chi connectivity index (χ0) is 14.4. The molecule has 6 heteroatoms. The molecule has 0 radical (unpaired) electrons. The average Bonchev–Trinajstić information content (AvgIpc) is 2.95. The summed E-state index contributed by atoms with van der Waals surface area (Å²) in [7, 11) is 0. The first-order valence-corrected chi connectivity index (χ1v) is 7.92. The van der Waals surface area contributed by atoms with Gasteiger partial charge < -0.3 is 0 Å². The molecule has 20 heavy (non-hydrogen) atoms. The van der Waals surface area contributed by atoms with Gasteiger partial charge in [-0.25, -0.2) is 9.50 Å². The lowest BCUT2D eigenvalue weighted by molar-refractivity contribution is 0.818. The zero-order valence-electron chi connectivity index (χ0n) is 11.3. The van der Waals surface area contributed by atoms with Crippen molar-refractivity contribution in [1.29, 1.82) is 0 Å². The summed E-state index contributed by atoms with van der Waals surface area (Å²) >= 11 is 14.4. The van der Waals surface area contributed by atoms with E-state index in [0.717, 1.165) is 21.7 Å². The number of fused-ring (bicyclic) bond motifs is 1. The van der Waals surface area contributed by atoms with E-state index in [4.69, 9.17) is 23.2 Å². The third-order valence-electron chi connectivity index (χ3n) is 3.22. The molecule has 0 amide bonds. The first kappa shape index (κ1) is 13.9. The van der Waals surface area contributed by atoms with Crippen molar-refractivity contribution in [2.45, 2.75) is 26.7 Å². The van der Waals surface area contributed by atoms with Gasteiger partial charge in [0, 0.05) is 10.4 Å². The summed E-state index contributed by atoms with van der Waals surface area (Å²) in [6.07, 6.45) is 0. The van der Waals surface area contributed by atoms with Crippen LogP contribution in [0.2, 0.25) is 10.3 Å². The van der Waals surface area contributed by atoms with Gasteiger partial charge in [-0.15, -0.1) is 11.3 Å². The summed E-state index contributed by atoms with van der Waals surface area (Å²) in [4.78, 5) is 5.64. The Hall–Kier alpha value is -1.10. The summed E-state index contributed by atoms with van der Waals surface area (Å²) in [5.74, 6) is 0.196. The quantitative estimate of drug-likeness (QED) is 0.606. The summed E-state index contributed by atoms with van der Waals surface area (Å²) in [6.45, 7) is 6.04. The van der Waals surface area contributed by atoms with Crippen LogP contribution < -0.4 is 0 Å². The number of rotatable bonds is 2. The molecular formula is C14H13Cl2N3S. The van der Waals surface area contributed by atoms with Crippen molar-refractivity contribution in [3.63, 3.8) is 0 Å². The largest absolute Gasteiger partial charge is 0.216 e. The third-order valence-corrected chi connectivity index (χ3v) is 4.75. The molecule has 0 N–H and O–H groups in total. The Morgan fingerprint density at radius 2 is 2.05 bits per heavy atom. The molecule has 0 spiro atoms. The first-order chi connectivity index (χ1) is 9.50. The maximum atomic E-state index is 6.47. The van der Waals surface area contributed by atoms with E-state index in [1.807, 2.05) is 32.2 Å². The van der Waals surface area contributed by atoms with E-state index in [1.54, 1.807) is 15.9 Å². The van der Waals surface area contributed by atoms with Crippen LogP contribution in [0, 0.1) is 6.92 Å². The molecule has 3 aromatic heterocycles. The molecule has 0 bridgehead atoms. The minimum absolute atomic E-state index is 0.196. The van der Waals surface area contributed by atoms with Gasteiger partial charge in [-0.05, 0) is 24.3 Å². The van der Waals surface area contributed by atoms with Crippen molar-refractivity contribution < 1.29 is 0 Å². The number of hydrogen-bond donors (Lipinski definition) is 0. The SMILES string of the molecule is Cc1nn2c(Cl)c(C(C)C)c(Cl)nc2c1-c1cccs1. The summed E-state index contributed by atoms with van der Waals surface area (Å²) in [5.41, 5.74) is 3.45. The molecule has 0 aliphatic rings.